The van der Waals surface area contributed by atoms with E-state index in [1.165, 1.54) is 0 Å². The van der Waals surface area contributed by atoms with Gasteiger partial charge in [0.25, 0.3) is 0 Å². The van der Waals surface area contributed by atoms with E-state index in [2.05, 4.69) is 11.8 Å². The minimum absolute atomic E-state index is 0.131. The molecule has 3 N–H and O–H groups in total. The van der Waals surface area contributed by atoms with E-state index in [4.69, 9.17) is 14.2 Å². The second kappa shape index (κ2) is 7.15. The van der Waals surface area contributed by atoms with Crippen LogP contribution in [0.2, 0.25) is 0 Å². The van der Waals surface area contributed by atoms with Crippen molar-refractivity contribution < 1.29 is 34.3 Å². The third kappa shape index (κ3) is 3.30. The van der Waals surface area contributed by atoms with Crippen molar-refractivity contribution in [2.75, 3.05) is 13.4 Å². The number of ether oxygens (including phenoxy) is 3. The van der Waals surface area contributed by atoms with Crippen molar-refractivity contribution in [1.82, 2.24) is 0 Å². The maximum absolute atomic E-state index is 12.2. The molecule has 2 aromatic carbocycles. The predicted molar refractivity (Wildman–Crippen MR) is 90.6 cm³/mol. The fraction of sp³-hybridized carbons (Fsp3) is 0.211. The van der Waals surface area contributed by atoms with Crippen LogP contribution in [0.15, 0.2) is 24.3 Å². The Morgan fingerprint density at radius 3 is 2.65 bits per heavy atom. The number of hydrogen-bond donors (Lipinski definition) is 3. The van der Waals surface area contributed by atoms with Crippen LogP contribution in [0.3, 0.4) is 0 Å². The van der Waals surface area contributed by atoms with E-state index in [9.17, 15) is 20.1 Å². The summed E-state index contributed by atoms with van der Waals surface area (Å²) < 4.78 is 15.5. The number of fused-ring (bicyclic) bond motifs is 1. The molecule has 0 saturated heterocycles. The molecular weight excluding hydrogens is 340 g/mol. The number of carbonyl (C=O) groups excluding carboxylic acids is 1. The van der Waals surface area contributed by atoms with Gasteiger partial charge in [-0.05, 0) is 30.7 Å². The van der Waals surface area contributed by atoms with Crippen LogP contribution in [-0.2, 0) is 4.74 Å². The molecule has 0 saturated carbocycles. The van der Waals surface area contributed by atoms with E-state index in [0.29, 0.717) is 23.5 Å². The molecule has 7 heteroatoms. The lowest BCUT2D eigenvalue weighted by molar-refractivity contribution is 0.0503. The third-order valence-electron chi connectivity index (χ3n) is 3.62. The van der Waals surface area contributed by atoms with Crippen molar-refractivity contribution in [3.63, 3.8) is 0 Å². The topological polar surface area (TPSA) is 105 Å². The largest absolute Gasteiger partial charge is 0.504 e. The van der Waals surface area contributed by atoms with Crippen LogP contribution in [-0.4, -0.2) is 34.7 Å². The quantitative estimate of drug-likeness (QED) is 0.441. The Hall–Kier alpha value is -3.53. The molecule has 3 rings (SSSR count). The Kier molecular flexibility index (Phi) is 4.76. The van der Waals surface area contributed by atoms with E-state index in [1.54, 1.807) is 18.2 Å². The number of hydrogen-bond acceptors (Lipinski definition) is 7. The number of aromatic hydroxyl groups is 3. The Labute approximate surface area is 149 Å². The highest BCUT2D eigenvalue weighted by Gasteiger charge is 2.21. The Balaban J connectivity index is 2.01. The first-order valence-electron chi connectivity index (χ1n) is 7.88. The maximum atomic E-state index is 12.2. The first kappa shape index (κ1) is 17.3. The van der Waals surface area contributed by atoms with E-state index in [-0.39, 0.29) is 24.5 Å². The molecule has 2 aromatic rings. The van der Waals surface area contributed by atoms with Crippen LogP contribution < -0.4 is 9.47 Å². The van der Waals surface area contributed by atoms with E-state index in [0.717, 1.165) is 6.07 Å². The summed E-state index contributed by atoms with van der Waals surface area (Å²) in [5, 5.41) is 29.5. The maximum Gasteiger partial charge on any atom is 0.339 e. The summed E-state index contributed by atoms with van der Waals surface area (Å²) in [5.74, 6) is 3.72. The lowest BCUT2D eigenvalue weighted by Gasteiger charge is -2.09. The number of esters is 1. The highest BCUT2D eigenvalue weighted by Crippen LogP contribution is 2.39. The zero-order chi connectivity index (χ0) is 18.7. The average molecular weight is 356 g/mol. The van der Waals surface area contributed by atoms with E-state index in [1.807, 2.05) is 6.92 Å². The van der Waals surface area contributed by atoms with Crippen molar-refractivity contribution in [1.29, 1.82) is 0 Å². The minimum Gasteiger partial charge on any atom is -0.504 e. The van der Waals surface area contributed by atoms with Crippen LogP contribution in [0.1, 0.15) is 34.8 Å². The lowest BCUT2D eigenvalue weighted by atomic mass is 10.0. The normalized spacial score (nSPS) is 11.6. The fourth-order valence-corrected chi connectivity index (χ4v) is 2.31. The van der Waals surface area contributed by atoms with Crippen LogP contribution in [0.4, 0.5) is 0 Å². The summed E-state index contributed by atoms with van der Waals surface area (Å²) in [4.78, 5) is 12.2. The highest BCUT2D eigenvalue weighted by atomic mass is 16.7. The fourth-order valence-electron chi connectivity index (χ4n) is 2.31. The molecule has 1 aliphatic heterocycles. The molecule has 0 amide bonds. The Morgan fingerprint density at radius 1 is 1.12 bits per heavy atom. The monoisotopic (exact) mass is 356 g/mol. The minimum atomic E-state index is -0.757. The van der Waals surface area contributed by atoms with Gasteiger partial charge in [-0.1, -0.05) is 18.8 Å². The van der Waals surface area contributed by atoms with Gasteiger partial charge < -0.3 is 29.5 Å². The van der Waals surface area contributed by atoms with Crippen molar-refractivity contribution >= 4 is 5.97 Å². The molecule has 7 nitrogen and oxygen atoms in total. The van der Waals surface area contributed by atoms with Crippen LogP contribution in [0.5, 0.6) is 28.7 Å². The van der Waals surface area contributed by atoms with Crippen molar-refractivity contribution in [3.8, 4) is 40.6 Å². The first-order valence-corrected chi connectivity index (χ1v) is 7.88. The van der Waals surface area contributed by atoms with Gasteiger partial charge in [0.05, 0.1) is 17.7 Å². The smallest absolute Gasteiger partial charge is 0.339 e. The van der Waals surface area contributed by atoms with Crippen LogP contribution in [0, 0.1) is 11.8 Å². The molecule has 0 spiro atoms. The number of rotatable bonds is 3. The average Bonchev–Trinajstić information content (AvgIpc) is 3.11. The molecule has 26 heavy (non-hydrogen) atoms. The zero-order valence-electron chi connectivity index (χ0n) is 13.9. The van der Waals surface area contributed by atoms with Gasteiger partial charge in [-0.15, -0.1) is 0 Å². The molecule has 134 valence electrons. The molecule has 0 unspecified atom stereocenters. The molecular formula is C19H16O7. The summed E-state index contributed by atoms with van der Waals surface area (Å²) in [7, 11) is 0. The number of phenols is 3. The summed E-state index contributed by atoms with van der Waals surface area (Å²) >= 11 is 0. The second-order valence-corrected chi connectivity index (χ2v) is 5.47. The van der Waals surface area contributed by atoms with Gasteiger partial charge in [-0.2, -0.15) is 0 Å². The highest BCUT2D eigenvalue weighted by molar-refractivity contribution is 5.95. The molecule has 0 radical (unpaired) electrons. The van der Waals surface area contributed by atoms with E-state index >= 15 is 0 Å². The molecule has 1 heterocycles. The summed E-state index contributed by atoms with van der Waals surface area (Å²) in [6.45, 7) is 2.14. The standard InChI is InChI=1S/C19H16O7/c1-2-7-24-19(23)13-9-14(20)18(22)17(21)12(13)5-3-11-4-6-15-16(8-11)26-10-25-15/h4,6,8-9,20-22H,2,7,10H2,1H3. The van der Waals surface area contributed by atoms with Crippen molar-refractivity contribution in [2.24, 2.45) is 0 Å². The molecule has 0 aliphatic carbocycles. The first-order chi connectivity index (χ1) is 12.5. The Bertz CT molecular complexity index is 922. The van der Waals surface area contributed by atoms with Crippen molar-refractivity contribution in [3.05, 3.63) is 41.0 Å². The zero-order valence-corrected chi connectivity index (χ0v) is 13.9. The van der Waals surface area contributed by atoms with Gasteiger partial charge in [0.2, 0.25) is 12.5 Å². The molecule has 0 bridgehead atoms. The number of carbonyl (C=O) groups is 1. The molecule has 0 fully saturated rings. The molecule has 0 aromatic heterocycles. The lowest BCUT2D eigenvalue weighted by Crippen LogP contribution is -2.08. The van der Waals surface area contributed by atoms with Crippen LogP contribution >= 0.6 is 0 Å². The van der Waals surface area contributed by atoms with Crippen molar-refractivity contribution in [2.45, 2.75) is 13.3 Å². The van der Waals surface area contributed by atoms with Gasteiger partial charge in [-0.25, -0.2) is 4.79 Å². The van der Waals surface area contributed by atoms with Gasteiger partial charge in [0.15, 0.2) is 23.0 Å². The Morgan fingerprint density at radius 2 is 1.88 bits per heavy atom. The number of phenolic OH excluding ortho intramolecular Hbond substituents is 3. The summed E-state index contributed by atoms with van der Waals surface area (Å²) in [5.41, 5.74) is 0.271. The number of benzene rings is 2. The van der Waals surface area contributed by atoms with Crippen LogP contribution in [0.25, 0.3) is 0 Å². The van der Waals surface area contributed by atoms with Gasteiger partial charge in [-0.3, -0.25) is 0 Å². The molecule has 1 aliphatic rings. The second-order valence-electron chi connectivity index (χ2n) is 5.47. The van der Waals surface area contributed by atoms with Gasteiger partial charge in [0.1, 0.15) is 0 Å². The van der Waals surface area contributed by atoms with Gasteiger partial charge >= 0.3 is 5.97 Å². The summed E-state index contributed by atoms with van der Waals surface area (Å²) in [6, 6.07) is 6.04. The van der Waals surface area contributed by atoms with Gasteiger partial charge in [0, 0.05) is 5.56 Å². The predicted octanol–water partition coefficient (Wildman–Crippen LogP) is 2.50. The summed E-state index contributed by atoms with van der Waals surface area (Å²) in [6.07, 6.45) is 0.611. The van der Waals surface area contributed by atoms with E-state index < -0.39 is 23.2 Å². The molecule has 0 atom stereocenters. The third-order valence-corrected chi connectivity index (χ3v) is 3.62. The SMILES string of the molecule is CCCOC(=O)c1cc(O)c(O)c(O)c1C#Cc1ccc2c(c1)OCO2.